The predicted molar refractivity (Wildman–Crippen MR) is 79.2 cm³/mol. The number of halogens is 2. The highest BCUT2D eigenvalue weighted by Crippen LogP contribution is 2.31. The molecule has 0 radical (unpaired) electrons. The van der Waals surface area contributed by atoms with Gasteiger partial charge in [-0.15, -0.1) is 0 Å². The lowest BCUT2D eigenvalue weighted by atomic mass is 10.1. The molecule has 0 bridgehead atoms. The third-order valence-electron chi connectivity index (χ3n) is 3.41. The second-order valence-electron chi connectivity index (χ2n) is 4.85. The smallest absolute Gasteiger partial charge is 0.143 e. The Hall–Kier alpha value is -2.25. The minimum Gasteiger partial charge on any atom is -0.488 e. The molecular formula is C16H12ClFN2O. The van der Waals surface area contributed by atoms with Gasteiger partial charge in [0.1, 0.15) is 29.3 Å². The molecule has 0 saturated heterocycles. The minimum atomic E-state index is -0.523. The van der Waals surface area contributed by atoms with Crippen LogP contribution in [0.2, 0.25) is 5.02 Å². The summed E-state index contributed by atoms with van der Waals surface area (Å²) in [6, 6.07) is 11.9. The third-order valence-corrected chi connectivity index (χ3v) is 3.64. The van der Waals surface area contributed by atoms with Crippen molar-refractivity contribution in [3.8, 4) is 11.8 Å². The van der Waals surface area contributed by atoms with E-state index >= 15 is 0 Å². The van der Waals surface area contributed by atoms with E-state index < -0.39 is 5.82 Å². The fourth-order valence-electron chi connectivity index (χ4n) is 2.41. The standard InChI is InChI=1S/C16H12ClFN2O/c17-11-4-5-16-10(6-11)7-12(21-16)9-20-15-3-1-2-14(18)13(15)8-19/h1-6,12,20H,7,9H2. The van der Waals surface area contributed by atoms with Gasteiger partial charge in [0.2, 0.25) is 0 Å². The molecule has 0 aromatic heterocycles. The molecule has 1 heterocycles. The molecule has 1 aliphatic heterocycles. The lowest BCUT2D eigenvalue weighted by molar-refractivity contribution is 0.246. The molecule has 0 fully saturated rings. The van der Waals surface area contributed by atoms with Gasteiger partial charge < -0.3 is 10.1 Å². The van der Waals surface area contributed by atoms with E-state index in [1.165, 1.54) is 6.07 Å². The lowest BCUT2D eigenvalue weighted by Crippen LogP contribution is -2.24. The van der Waals surface area contributed by atoms with Gasteiger partial charge in [0, 0.05) is 11.4 Å². The van der Waals surface area contributed by atoms with E-state index in [1.807, 2.05) is 18.2 Å². The molecule has 5 heteroatoms. The van der Waals surface area contributed by atoms with Crippen LogP contribution in [0.5, 0.6) is 5.75 Å². The number of anilines is 1. The molecule has 0 aliphatic carbocycles. The van der Waals surface area contributed by atoms with Gasteiger partial charge in [0.05, 0.1) is 12.2 Å². The van der Waals surface area contributed by atoms with Crippen molar-refractivity contribution in [2.45, 2.75) is 12.5 Å². The monoisotopic (exact) mass is 302 g/mol. The summed E-state index contributed by atoms with van der Waals surface area (Å²) in [7, 11) is 0. The average molecular weight is 303 g/mol. The highest BCUT2D eigenvalue weighted by molar-refractivity contribution is 6.30. The highest BCUT2D eigenvalue weighted by Gasteiger charge is 2.23. The molecule has 2 aromatic carbocycles. The van der Waals surface area contributed by atoms with Gasteiger partial charge in [-0.25, -0.2) is 4.39 Å². The summed E-state index contributed by atoms with van der Waals surface area (Å²) in [5.74, 6) is 0.302. The van der Waals surface area contributed by atoms with Gasteiger partial charge in [-0.2, -0.15) is 5.26 Å². The first-order chi connectivity index (χ1) is 10.2. The molecule has 106 valence electrons. The number of nitrogens with one attached hydrogen (secondary N) is 1. The second-order valence-corrected chi connectivity index (χ2v) is 5.29. The second kappa shape index (κ2) is 5.63. The van der Waals surface area contributed by atoms with Crippen LogP contribution in [0.3, 0.4) is 0 Å². The zero-order valence-corrected chi connectivity index (χ0v) is 11.8. The zero-order chi connectivity index (χ0) is 14.8. The van der Waals surface area contributed by atoms with Crippen LogP contribution >= 0.6 is 11.6 Å². The summed E-state index contributed by atoms with van der Waals surface area (Å²) < 4.78 is 19.3. The van der Waals surface area contributed by atoms with Crippen LogP contribution in [0.25, 0.3) is 0 Å². The van der Waals surface area contributed by atoms with Gasteiger partial charge >= 0.3 is 0 Å². The lowest BCUT2D eigenvalue weighted by Gasteiger charge is -2.14. The van der Waals surface area contributed by atoms with E-state index in [0.29, 0.717) is 17.3 Å². The van der Waals surface area contributed by atoms with Crippen molar-refractivity contribution in [1.82, 2.24) is 0 Å². The van der Waals surface area contributed by atoms with Crippen molar-refractivity contribution < 1.29 is 9.13 Å². The number of benzene rings is 2. The van der Waals surface area contributed by atoms with Crippen molar-refractivity contribution in [3.63, 3.8) is 0 Å². The Morgan fingerprint density at radius 2 is 2.24 bits per heavy atom. The molecular weight excluding hydrogens is 291 g/mol. The van der Waals surface area contributed by atoms with E-state index in [9.17, 15) is 4.39 Å². The fourth-order valence-corrected chi connectivity index (χ4v) is 2.61. The number of hydrogen-bond acceptors (Lipinski definition) is 3. The van der Waals surface area contributed by atoms with E-state index in [2.05, 4.69) is 5.32 Å². The third kappa shape index (κ3) is 2.79. The minimum absolute atomic E-state index is 0.0241. The fraction of sp³-hybridized carbons (Fsp3) is 0.188. The maximum Gasteiger partial charge on any atom is 0.143 e. The summed E-state index contributed by atoms with van der Waals surface area (Å²) in [4.78, 5) is 0. The Balaban J connectivity index is 1.68. The SMILES string of the molecule is N#Cc1c(F)cccc1NCC1Cc2cc(Cl)ccc2O1. The number of rotatable bonds is 3. The van der Waals surface area contributed by atoms with E-state index in [4.69, 9.17) is 21.6 Å². The van der Waals surface area contributed by atoms with Gasteiger partial charge in [0.15, 0.2) is 0 Å². The summed E-state index contributed by atoms with van der Waals surface area (Å²) in [5.41, 5.74) is 1.57. The number of nitriles is 1. The first-order valence-corrected chi connectivity index (χ1v) is 6.93. The van der Waals surface area contributed by atoms with Gasteiger partial charge in [-0.1, -0.05) is 17.7 Å². The molecule has 1 N–H and O–H groups in total. The molecule has 3 nitrogen and oxygen atoms in total. The van der Waals surface area contributed by atoms with Crippen LogP contribution in [-0.4, -0.2) is 12.6 Å². The predicted octanol–water partition coefficient (Wildman–Crippen LogP) is 3.77. The molecule has 3 rings (SSSR count). The molecule has 0 saturated carbocycles. The maximum atomic E-state index is 13.5. The molecule has 2 aromatic rings. The quantitative estimate of drug-likeness (QED) is 0.939. The number of nitrogens with zero attached hydrogens (tertiary/aromatic N) is 1. The Morgan fingerprint density at radius 3 is 3.05 bits per heavy atom. The number of hydrogen-bond donors (Lipinski definition) is 1. The Bertz CT molecular complexity index is 727. The molecule has 0 amide bonds. The van der Waals surface area contributed by atoms with Crippen LogP contribution < -0.4 is 10.1 Å². The number of ether oxygens (including phenoxy) is 1. The topological polar surface area (TPSA) is 45.0 Å². The summed E-state index contributed by atoms with van der Waals surface area (Å²) in [6.07, 6.45) is 0.674. The molecule has 0 spiro atoms. The molecule has 1 unspecified atom stereocenters. The van der Waals surface area contributed by atoms with Crippen LogP contribution in [-0.2, 0) is 6.42 Å². The molecule has 21 heavy (non-hydrogen) atoms. The first kappa shape index (κ1) is 13.7. The van der Waals surface area contributed by atoms with Crippen molar-refractivity contribution in [3.05, 3.63) is 58.4 Å². The van der Waals surface area contributed by atoms with Crippen molar-refractivity contribution >= 4 is 17.3 Å². The highest BCUT2D eigenvalue weighted by atomic mass is 35.5. The Labute approximate surface area is 126 Å². The Morgan fingerprint density at radius 1 is 1.38 bits per heavy atom. The first-order valence-electron chi connectivity index (χ1n) is 6.55. The maximum absolute atomic E-state index is 13.5. The summed E-state index contributed by atoms with van der Waals surface area (Å²) >= 11 is 5.95. The summed E-state index contributed by atoms with van der Waals surface area (Å²) in [6.45, 7) is 0.491. The average Bonchev–Trinajstić information content (AvgIpc) is 2.87. The van der Waals surface area contributed by atoms with Crippen molar-refractivity contribution in [2.75, 3.05) is 11.9 Å². The Kier molecular flexibility index (Phi) is 3.68. The summed E-state index contributed by atoms with van der Waals surface area (Å²) in [5, 5.41) is 12.7. The van der Waals surface area contributed by atoms with E-state index in [-0.39, 0.29) is 11.7 Å². The largest absolute Gasteiger partial charge is 0.488 e. The van der Waals surface area contributed by atoms with Crippen molar-refractivity contribution in [2.24, 2.45) is 0 Å². The van der Waals surface area contributed by atoms with Gasteiger partial charge in [0.25, 0.3) is 0 Å². The normalized spacial score (nSPS) is 16.0. The zero-order valence-electron chi connectivity index (χ0n) is 11.1. The molecule has 1 aliphatic rings. The number of fused-ring (bicyclic) bond motifs is 1. The van der Waals surface area contributed by atoms with Crippen LogP contribution in [0, 0.1) is 17.1 Å². The van der Waals surface area contributed by atoms with Crippen molar-refractivity contribution in [1.29, 1.82) is 5.26 Å². The van der Waals surface area contributed by atoms with Crippen LogP contribution in [0.1, 0.15) is 11.1 Å². The molecule has 1 atom stereocenters. The van der Waals surface area contributed by atoms with Gasteiger partial charge in [-0.3, -0.25) is 0 Å². The van der Waals surface area contributed by atoms with Crippen LogP contribution in [0.4, 0.5) is 10.1 Å². The van der Waals surface area contributed by atoms with E-state index in [1.54, 1.807) is 18.2 Å². The van der Waals surface area contributed by atoms with Gasteiger partial charge in [-0.05, 0) is 35.9 Å². The van der Waals surface area contributed by atoms with E-state index in [0.717, 1.165) is 17.7 Å². The van der Waals surface area contributed by atoms with Crippen LogP contribution in [0.15, 0.2) is 36.4 Å².